The highest BCUT2D eigenvalue weighted by Crippen LogP contribution is 1.93. The molecule has 0 radical (unpaired) electrons. The highest BCUT2D eigenvalue weighted by atomic mass is 16.5. The van der Waals surface area contributed by atoms with Crippen LogP contribution < -0.4 is 5.32 Å². The summed E-state index contributed by atoms with van der Waals surface area (Å²) in [7, 11) is 1.36. The fourth-order valence-corrected chi connectivity index (χ4v) is 1.15. The molecular formula is C11H20N2O3. The Hall–Kier alpha value is -1.36. The lowest BCUT2D eigenvalue weighted by Gasteiger charge is -2.18. The second-order valence-corrected chi connectivity index (χ2v) is 3.29. The highest BCUT2D eigenvalue weighted by Gasteiger charge is 2.10. The molecule has 0 aliphatic carbocycles. The lowest BCUT2D eigenvalue weighted by atomic mass is 10.3. The molecule has 1 N–H and O–H groups in total. The van der Waals surface area contributed by atoms with E-state index >= 15 is 0 Å². The zero-order chi connectivity index (χ0) is 12.4. The van der Waals surface area contributed by atoms with Crippen molar-refractivity contribution < 1.29 is 14.3 Å². The maximum Gasteiger partial charge on any atom is 0.306 e. The molecule has 5 nitrogen and oxygen atoms in total. The molecule has 0 aromatic rings. The van der Waals surface area contributed by atoms with Crippen LogP contribution in [0.2, 0.25) is 0 Å². The normalized spacial score (nSPS) is 9.94. The third kappa shape index (κ3) is 7.00. The van der Waals surface area contributed by atoms with Crippen LogP contribution in [0, 0.1) is 0 Å². The molecule has 0 fully saturated rings. The van der Waals surface area contributed by atoms with Crippen molar-refractivity contribution in [3.8, 4) is 0 Å². The van der Waals surface area contributed by atoms with E-state index < -0.39 is 0 Å². The molecule has 0 atom stereocenters. The Labute approximate surface area is 96.4 Å². The van der Waals surface area contributed by atoms with Gasteiger partial charge in [0, 0.05) is 13.1 Å². The van der Waals surface area contributed by atoms with E-state index in [2.05, 4.69) is 16.6 Å². The molecule has 92 valence electrons. The first kappa shape index (κ1) is 14.6. The Kier molecular flexibility index (Phi) is 8.15. The standard InChI is InChI=1S/C11H20N2O3/c1-4-7-12-10(14)9-13(5-2)8-6-11(15)16-3/h4H,1,5-9H2,2-3H3,(H,12,14). The molecular weight excluding hydrogens is 208 g/mol. The summed E-state index contributed by atoms with van der Waals surface area (Å²) in [6, 6.07) is 0. The molecule has 0 aromatic heterocycles. The van der Waals surface area contributed by atoms with Crippen molar-refractivity contribution in [2.45, 2.75) is 13.3 Å². The van der Waals surface area contributed by atoms with E-state index in [9.17, 15) is 9.59 Å². The van der Waals surface area contributed by atoms with Gasteiger partial charge in [0.15, 0.2) is 0 Å². The summed E-state index contributed by atoms with van der Waals surface area (Å²) >= 11 is 0. The average molecular weight is 228 g/mol. The van der Waals surface area contributed by atoms with Crippen LogP contribution in [-0.2, 0) is 14.3 Å². The van der Waals surface area contributed by atoms with Crippen LogP contribution >= 0.6 is 0 Å². The number of nitrogens with one attached hydrogen (secondary N) is 1. The van der Waals surface area contributed by atoms with E-state index in [-0.39, 0.29) is 11.9 Å². The van der Waals surface area contributed by atoms with Gasteiger partial charge in [0.2, 0.25) is 5.91 Å². The third-order valence-electron chi connectivity index (χ3n) is 2.12. The molecule has 1 amide bonds. The number of amides is 1. The monoisotopic (exact) mass is 228 g/mol. The second-order valence-electron chi connectivity index (χ2n) is 3.29. The van der Waals surface area contributed by atoms with Crippen LogP contribution in [0.5, 0.6) is 0 Å². The van der Waals surface area contributed by atoms with Crippen molar-refractivity contribution in [2.24, 2.45) is 0 Å². The van der Waals surface area contributed by atoms with Gasteiger partial charge in [-0.3, -0.25) is 14.5 Å². The summed E-state index contributed by atoms with van der Waals surface area (Å²) in [6.45, 7) is 7.47. The van der Waals surface area contributed by atoms with Gasteiger partial charge in [-0.1, -0.05) is 13.0 Å². The summed E-state index contributed by atoms with van der Waals surface area (Å²) in [6.07, 6.45) is 1.93. The van der Waals surface area contributed by atoms with E-state index in [4.69, 9.17) is 0 Å². The van der Waals surface area contributed by atoms with Gasteiger partial charge >= 0.3 is 5.97 Å². The summed E-state index contributed by atoms with van der Waals surface area (Å²) in [5.74, 6) is -0.323. The summed E-state index contributed by atoms with van der Waals surface area (Å²) in [4.78, 5) is 24.2. The van der Waals surface area contributed by atoms with E-state index in [1.165, 1.54) is 7.11 Å². The van der Waals surface area contributed by atoms with Crippen molar-refractivity contribution in [3.63, 3.8) is 0 Å². The Bertz CT molecular complexity index is 241. The maximum atomic E-state index is 11.4. The van der Waals surface area contributed by atoms with Gasteiger partial charge in [-0.05, 0) is 6.54 Å². The minimum absolute atomic E-state index is 0.0633. The molecule has 0 rings (SSSR count). The second kappa shape index (κ2) is 8.91. The largest absolute Gasteiger partial charge is 0.469 e. The first-order chi connectivity index (χ1) is 7.63. The number of carbonyl (C=O) groups is 2. The minimum atomic E-state index is -0.259. The van der Waals surface area contributed by atoms with Crippen LogP contribution in [-0.4, -0.2) is 50.1 Å². The third-order valence-corrected chi connectivity index (χ3v) is 2.12. The fourth-order valence-electron chi connectivity index (χ4n) is 1.15. The molecule has 0 bridgehead atoms. The number of ether oxygens (including phenoxy) is 1. The zero-order valence-electron chi connectivity index (χ0n) is 9.99. The SMILES string of the molecule is C=CCNC(=O)CN(CC)CCC(=O)OC. The van der Waals surface area contributed by atoms with Crippen molar-refractivity contribution in [3.05, 3.63) is 12.7 Å². The zero-order valence-corrected chi connectivity index (χ0v) is 9.99. The topological polar surface area (TPSA) is 58.6 Å². The number of hydrogen-bond acceptors (Lipinski definition) is 4. The summed E-state index contributed by atoms with van der Waals surface area (Å²) < 4.78 is 4.54. The van der Waals surface area contributed by atoms with Gasteiger partial charge in [-0.15, -0.1) is 6.58 Å². The summed E-state index contributed by atoms with van der Waals surface area (Å²) in [5.41, 5.74) is 0. The lowest BCUT2D eigenvalue weighted by Crippen LogP contribution is -2.38. The average Bonchev–Trinajstić information content (AvgIpc) is 2.31. The van der Waals surface area contributed by atoms with Crippen LogP contribution in [0.3, 0.4) is 0 Å². The van der Waals surface area contributed by atoms with Gasteiger partial charge < -0.3 is 10.1 Å². The van der Waals surface area contributed by atoms with Crippen molar-refractivity contribution >= 4 is 11.9 Å². The maximum absolute atomic E-state index is 11.4. The first-order valence-electron chi connectivity index (χ1n) is 5.30. The van der Waals surface area contributed by atoms with Gasteiger partial charge in [0.1, 0.15) is 0 Å². The number of carbonyl (C=O) groups excluding carboxylic acids is 2. The Morgan fingerprint density at radius 2 is 2.19 bits per heavy atom. The van der Waals surface area contributed by atoms with E-state index in [1.54, 1.807) is 6.08 Å². The van der Waals surface area contributed by atoms with Crippen LogP contribution in [0.1, 0.15) is 13.3 Å². The molecule has 0 saturated carbocycles. The number of rotatable bonds is 8. The van der Waals surface area contributed by atoms with Crippen molar-refractivity contribution in [2.75, 3.05) is 33.3 Å². The van der Waals surface area contributed by atoms with Gasteiger partial charge in [0.25, 0.3) is 0 Å². The molecule has 0 aliphatic heterocycles. The van der Waals surface area contributed by atoms with Crippen LogP contribution in [0.4, 0.5) is 0 Å². The lowest BCUT2D eigenvalue weighted by molar-refractivity contribution is -0.141. The Balaban J connectivity index is 3.85. The molecule has 5 heteroatoms. The van der Waals surface area contributed by atoms with E-state index in [0.29, 0.717) is 26.1 Å². The first-order valence-corrected chi connectivity index (χ1v) is 5.30. The minimum Gasteiger partial charge on any atom is -0.469 e. The van der Waals surface area contributed by atoms with E-state index in [0.717, 1.165) is 6.54 Å². The Morgan fingerprint density at radius 1 is 1.50 bits per heavy atom. The number of likely N-dealkylation sites (N-methyl/N-ethyl adjacent to an activating group) is 1. The van der Waals surface area contributed by atoms with Gasteiger partial charge in [-0.25, -0.2) is 0 Å². The number of hydrogen-bond donors (Lipinski definition) is 1. The van der Waals surface area contributed by atoms with Crippen LogP contribution in [0.25, 0.3) is 0 Å². The molecule has 0 unspecified atom stereocenters. The molecule has 0 saturated heterocycles. The van der Waals surface area contributed by atoms with E-state index in [1.807, 2.05) is 11.8 Å². The highest BCUT2D eigenvalue weighted by molar-refractivity contribution is 5.78. The van der Waals surface area contributed by atoms with Crippen LogP contribution in [0.15, 0.2) is 12.7 Å². The van der Waals surface area contributed by atoms with Gasteiger partial charge in [-0.2, -0.15) is 0 Å². The predicted octanol–water partition coefficient (Wildman–Crippen LogP) is 0.174. The number of esters is 1. The molecule has 0 spiro atoms. The summed E-state index contributed by atoms with van der Waals surface area (Å²) in [5, 5.41) is 2.68. The number of methoxy groups -OCH3 is 1. The Morgan fingerprint density at radius 3 is 2.69 bits per heavy atom. The molecule has 0 heterocycles. The molecule has 0 aromatic carbocycles. The number of nitrogens with zero attached hydrogens (tertiary/aromatic N) is 1. The smallest absolute Gasteiger partial charge is 0.306 e. The van der Waals surface area contributed by atoms with Crippen molar-refractivity contribution in [1.82, 2.24) is 10.2 Å². The quantitative estimate of drug-likeness (QED) is 0.475. The van der Waals surface area contributed by atoms with Gasteiger partial charge in [0.05, 0.1) is 20.1 Å². The molecule has 0 aliphatic rings. The fraction of sp³-hybridized carbons (Fsp3) is 0.636. The predicted molar refractivity (Wildman–Crippen MR) is 62.0 cm³/mol. The molecule has 16 heavy (non-hydrogen) atoms. The van der Waals surface area contributed by atoms with Crippen molar-refractivity contribution in [1.29, 1.82) is 0 Å².